The second kappa shape index (κ2) is 3.83. The molecule has 0 radical (unpaired) electrons. The number of hydrogen-bond acceptors (Lipinski definition) is 3. The van der Waals surface area contributed by atoms with E-state index in [0.29, 0.717) is 11.8 Å². The predicted molar refractivity (Wildman–Crippen MR) is 67.7 cm³/mol. The van der Waals surface area contributed by atoms with Gasteiger partial charge in [0.1, 0.15) is 6.10 Å². The summed E-state index contributed by atoms with van der Waals surface area (Å²) in [5.74, 6) is 0.521. The normalized spacial score (nSPS) is 54.8. The molecule has 7 atom stereocenters. The van der Waals surface area contributed by atoms with E-state index in [9.17, 15) is 9.90 Å². The van der Waals surface area contributed by atoms with Crippen LogP contribution in [0.2, 0.25) is 0 Å². The molecule has 1 heterocycles. The van der Waals surface area contributed by atoms with Gasteiger partial charge in [0.05, 0.1) is 12.0 Å². The summed E-state index contributed by atoms with van der Waals surface area (Å²) in [4.78, 5) is 11.8. The SMILES string of the molecule is C[C@@H]1C(=O)O[C@@H]2C[C@@H](C)[C@@H]3C=CC[C@@]3(C)[C@@H](O)C12. The van der Waals surface area contributed by atoms with Gasteiger partial charge < -0.3 is 9.84 Å². The summed E-state index contributed by atoms with van der Waals surface area (Å²) < 4.78 is 5.49. The van der Waals surface area contributed by atoms with Crippen molar-refractivity contribution in [3.05, 3.63) is 12.2 Å². The van der Waals surface area contributed by atoms with Crippen molar-refractivity contribution < 1.29 is 14.6 Å². The van der Waals surface area contributed by atoms with Crippen LogP contribution in [0.3, 0.4) is 0 Å². The van der Waals surface area contributed by atoms with E-state index in [1.54, 1.807) is 0 Å². The van der Waals surface area contributed by atoms with Crippen LogP contribution in [0.1, 0.15) is 33.6 Å². The number of ether oxygens (including phenoxy) is 1. The smallest absolute Gasteiger partial charge is 0.309 e. The highest BCUT2D eigenvalue weighted by molar-refractivity contribution is 5.75. The predicted octanol–water partition coefficient (Wildman–Crippen LogP) is 2.15. The number of carbonyl (C=O) groups is 1. The van der Waals surface area contributed by atoms with E-state index in [4.69, 9.17) is 4.74 Å². The maximum absolute atomic E-state index is 11.8. The average molecular weight is 250 g/mol. The summed E-state index contributed by atoms with van der Waals surface area (Å²) in [6, 6.07) is 0. The largest absolute Gasteiger partial charge is 0.462 e. The molecule has 0 aromatic heterocycles. The third-order valence-electron chi connectivity index (χ3n) is 5.57. The molecule has 3 heteroatoms. The van der Waals surface area contributed by atoms with E-state index in [1.165, 1.54) is 0 Å². The standard InChI is InChI=1S/C15H22O3/c1-8-7-11-12(9(2)14(17)18-11)13(16)15(3)6-4-5-10(8)15/h4-5,8-13,16H,6-7H2,1-3H3/t8-,9+,10+,11-,12?,13+,15-/m1/s1. The average Bonchev–Trinajstić information content (AvgIpc) is 2.80. The number of hydrogen-bond donors (Lipinski definition) is 1. The van der Waals surface area contributed by atoms with Crippen molar-refractivity contribution >= 4 is 5.97 Å². The Hall–Kier alpha value is -0.830. The van der Waals surface area contributed by atoms with Crippen LogP contribution < -0.4 is 0 Å². The Balaban J connectivity index is 2.00. The number of fused-ring (bicyclic) bond motifs is 2. The Kier molecular flexibility index (Phi) is 2.60. The molecule has 3 rings (SSSR count). The van der Waals surface area contributed by atoms with Gasteiger partial charge in [-0.3, -0.25) is 4.79 Å². The van der Waals surface area contributed by atoms with E-state index < -0.39 is 6.10 Å². The number of allylic oxidation sites excluding steroid dienone is 2. The van der Waals surface area contributed by atoms with E-state index in [1.807, 2.05) is 6.92 Å². The highest BCUT2D eigenvalue weighted by Crippen LogP contribution is 2.54. The second-order valence-corrected chi connectivity index (χ2v) is 6.66. The summed E-state index contributed by atoms with van der Waals surface area (Å²) in [5.41, 5.74) is -0.124. The van der Waals surface area contributed by atoms with Gasteiger partial charge in [0.15, 0.2) is 0 Å². The van der Waals surface area contributed by atoms with Crippen LogP contribution in [-0.4, -0.2) is 23.3 Å². The number of rotatable bonds is 0. The van der Waals surface area contributed by atoms with Crippen molar-refractivity contribution in [2.24, 2.45) is 29.1 Å². The molecule has 1 saturated heterocycles. The van der Waals surface area contributed by atoms with Gasteiger partial charge >= 0.3 is 5.97 Å². The van der Waals surface area contributed by atoms with Crippen LogP contribution in [-0.2, 0) is 9.53 Å². The molecular formula is C15H22O3. The van der Waals surface area contributed by atoms with E-state index in [2.05, 4.69) is 26.0 Å². The quantitative estimate of drug-likeness (QED) is 0.529. The molecule has 2 aliphatic carbocycles. The molecule has 0 amide bonds. The third kappa shape index (κ3) is 1.43. The molecule has 1 N–H and O–H groups in total. The van der Waals surface area contributed by atoms with Crippen molar-refractivity contribution in [1.82, 2.24) is 0 Å². The fourth-order valence-electron chi connectivity index (χ4n) is 4.43. The number of aliphatic hydroxyl groups is 1. The second-order valence-electron chi connectivity index (χ2n) is 6.66. The minimum Gasteiger partial charge on any atom is -0.462 e. The first-order valence-electron chi connectivity index (χ1n) is 7.00. The van der Waals surface area contributed by atoms with E-state index in [-0.39, 0.29) is 29.3 Å². The maximum atomic E-state index is 11.8. The molecule has 100 valence electrons. The Morgan fingerprint density at radius 1 is 1.44 bits per heavy atom. The summed E-state index contributed by atoms with van der Waals surface area (Å²) in [5, 5.41) is 10.8. The Bertz CT molecular complexity index is 403. The van der Waals surface area contributed by atoms with Crippen molar-refractivity contribution in [3.63, 3.8) is 0 Å². The first-order valence-corrected chi connectivity index (χ1v) is 7.00. The molecule has 0 spiro atoms. The summed E-state index contributed by atoms with van der Waals surface area (Å²) in [7, 11) is 0. The van der Waals surface area contributed by atoms with Crippen LogP contribution in [0.5, 0.6) is 0 Å². The highest BCUT2D eigenvalue weighted by atomic mass is 16.6. The van der Waals surface area contributed by atoms with Gasteiger partial charge in [0.25, 0.3) is 0 Å². The number of esters is 1. The lowest BCUT2D eigenvalue weighted by Crippen LogP contribution is -2.43. The summed E-state index contributed by atoms with van der Waals surface area (Å²) in [6.07, 6.45) is 5.69. The summed E-state index contributed by atoms with van der Waals surface area (Å²) in [6.45, 7) is 6.27. The van der Waals surface area contributed by atoms with Gasteiger partial charge in [-0.25, -0.2) is 0 Å². The minimum absolute atomic E-state index is 0.0325. The van der Waals surface area contributed by atoms with Gasteiger partial charge in [0, 0.05) is 11.3 Å². The first kappa shape index (κ1) is 12.2. The fourth-order valence-corrected chi connectivity index (χ4v) is 4.43. The lowest BCUT2D eigenvalue weighted by Gasteiger charge is -2.39. The number of aliphatic hydroxyl groups excluding tert-OH is 1. The van der Waals surface area contributed by atoms with Gasteiger partial charge in [-0.2, -0.15) is 0 Å². The maximum Gasteiger partial charge on any atom is 0.309 e. The lowest BCUT2D eigenvalue weighted by molar-refractivity contribution is -0.144. The summed E-state index contributed by atoms with van der Waals surface area (Å²) >= 11 is 0. The van der Waals surface area contributed by atoms with Crippen molar-refractivity contribution in [2.75, 3.05) is 0 Å². The third-order valence-corrected chi connectivity index (χ3v) is 5.57. The van der Waals surface area contributed by atoms with Crippen molar-refractivity contribution in [1.29, 1.82) is 0 Å². The highest BCUT2D eigenvalue weighted by Gasteiger charge is 2.57. The van der Waals surface area contributed by atoms with Gasteiger partial charge in [-0.1, -0.05) is 32.9 Å². The van der Waals surface area contributed by atoms with Gasteiger partial charge in [-0.05, 0) is 24.7 Å². The molecular weight excluding hydrogens is 228 g/mol. The topological polar surface area (TPSA) is 46.5 Å². The molecule has 3 nitrogen and oxygen atoms in total. The van der Waals surface area contributed by atoms with Crippen LogP contribution in [0, 0.1) is 29.1 Å². The lowest BCUT2D eigenvalue weighted by atomic mass is 9.67. The van der Waals surface area contributed by atoms with Gasteiger partial charge in [-0.15, -0.1) is 0 Å². The molecule has 1 saturated carbocycles. The molecule has 1 aliphatic heterocycles. The van der Waals surface area contributed by atoms with E-state index in [0.717, 1.165) is 12.8 Å². The minimum atomic E-state index is -0.450. The molecule has 0 aromatic rings. The zero-order valence-electron chi connectivity index (χ0n) is 11.3. The van der Waals surface area contributed by atoms with Crippen LogP contribution in [0.4, 0.5) is 0 Å². The molecule has 18 heavy (non-hydrogen) atoms. The first-order chi connectivity index (χ1) is 8.45. The van der Waals surface area contributed by atoms with Crippen LogP contribution >= 0.6 is 0 Å². The number of carbonyl (C=O) groups excluding carboxylic acids is 1. The van der Waals surface area contributed by atoms with Crippen molar-refractivity contribution in [2.45, 2.75) is 45.8 Å². The van der Waals surface area contributed by atoms with Gasteiger partial charge in [0.2, 0.25) is 0 Å². The molecule has 0 bridgehead atoms. The Labute approximate surface area is 108 Å². The zero-order chi connectivity index (χ0) is 13.1. The molecule has 1 unspecified atom stereocenters. The molecule has 3 aliphatic rings. The van der Waals surface area contributed by atoms with E-state index >= 15 is 0 Å². The monoisotopic (exact) mass is 250 g/mol. The molecule has 2 fully saturated rings. The molecule has 0 aromatic carbocycles. The Morgan fingerprint density at radius 3 is 2.89 bits per heavy atom. The van der Waals surface area contributed by atoms with Crippen LogP contribution in [0.25, 0.3) is 0 Å². The Morgan fingerprint density at radius 2 is 2.17 bits per heavy atom. The van der Waals surface area contributed by atoms with Crippen molar-refractivity contribution in [3.8, 4) is 0 Å². The fraction of sp³-hybridized carbons (Fsp3) is 0.800. The zero-order valence-corrected chi connectivity index (χ0v) is 11.3. The van der Waals surface area contributed by atoms with Crippen LogP contribution in [0.15, 0.2) is 12.2 Å².